The SMILES string of the molecule is CCC(CC)CC(CCCC(C)C(=O)O)(CC(CC)CC)C(=O)O. The predicted octanol–water partition coefficient (Wildman–Crippen LogP) is 5.60. The lowest BCUT2D eigenvalue weighted by molar-refractivity contribution is -0.152. The lowest BCUT2D eigenvalue weighted by atomic mass is 9.68. The van der Waals surface area contributed by atoms with Gasteiger partial charge in [-0.1, -0.05) is 66.7 Å². The molecule has 0 aromatic heterocycles. The summed E-state index contributed by atoms with van der Waals surface area (Å²) >= 11 is 0. The van der Waals surface area contributed by atoms with Crippen molar-refractivity contribution in [3.63, 3.8) is 0 Å². The highest BCUT2D eigenvalue weighted by molar-refractivity contribution is 5.74. The topological polar surface area (TPSA) is 74.6 Å². The normalized spacial score (nSPS) is 13.5. The molecule has 142 valence electrons. The van der Waals surface area contributed by atoms with E-state index in [4.69, 9.17) is 5.11 Å². The van der Waals surface area contributed by atoms with Crippen molar-refractivity contribution in [2.75, 3.05) is 0 Å². The van der Waals surface area contributed by atoms with Gasteiger partial charge in [-0.25, -0.2) is 0 Å². The van der Waals surface area contributed by atoms with Crippen LogP contribution in [0.15, 0.2) is 0 Å². The molecule has 0 aliphatic heterocycles. The fourth-order valence-corrected chi connectivity index (χ4v) is 3.70. The molecule has 0 radical (unpaired) electrons. The summed E-state index contributed by atoms with van der Waals surface area (Å²) in [6.45, 7) is 10.2. The van der Waals surface area contributed by atoms with Crippen LogP contribution in [-0.4, -0.2) is 22.2 Å². The monoisotopic (exact) mass is 342 g/mol. The molecule has 0 saturated heterocycles. The van der Waals surface area contributed by atoms with Crippen LogP contribution in [0.3, 0.4) is 0 Å². The van der Waals surface area contributed by atoms with Gasteiger partial charge in [0.25, 0.3) is 0 Å². The average molecular weight is 343 g/mol. The van der Waals surface area contributed by atoms with Gasteiger partial charge in [0.1, 0.15) is 0 Å². The van der Waals surface area contributed by atoms with Crippen LogP contribution < -0.4 is 0 Å². The summed E-state index contributed by atoms with van der Waals surface area (Å²) in [6, 6.07) is 0. The second-order valence-electron chi connectivity index (χ2n) is 7.49. The molecule has 0 bridgehead atoms. The standard InChI is InChI=1S/C20H38O4/c1-6-16(7-2)13-20(19(23)24,14-17(8-3)9-4)12-10-11-15(5)18(21)22/h15-17H,6-14H2,1-5H3,(H,21,22)(H,23,24). The molecule has 0 aliphatic carbocycles. The number of aliphatic carboxylic acids is 2. The number of carbonyl (C=O) groups is 2. The first-order chi connectivity index (χ1) is 11.3. The lowest BCUT2D eigenvalue weighted by Crippen LogP contribution is -2.35. The van der Waals surface area contributed by atoms with Gasteiger partial charge in [-0.05, 0) is 37.5 Å². The first kappa shape index (κ1) is 22.9. The molecule has 0 saturated carbocycles. The van der Waals surface area contributed by atoms with E-state index in [1.807, 2.05) is 0 Å². The quantitative estimate of drug-likeness (QED) is 0.431. The van der Waals surface area contributed by atoms with Gasteiger partial charge in [0.05, 0.1) is 11.3 Å². The van der Waals surface area contributed by atoms with Crippen molar-refractivity contribution in [2.45, 2.75) is 92.4 Å². The molecule has 0 aromatic carbocycles. The molecule has 0 heterocycles. The highest BCUT2D eigenvalue weighted by Crippen LogP contribution is 2.42. The van der Waals surface area contributed by atoms with E-state index in [0.29, 0.717) is 43.9 Å². The molecule has 0 aromatic rings. The van der Waals surface area contributed by atoms with Crippen LogP contribution in [-0.2, 0) is 9.59 Å². The summed E-state index contributed by atoms with van der Waals surface area (Å²) in [6.07, 6.45) is 7.24. The Balaban J connectivity index is 5.25. The third-order valence-electron chi connectivity index (χ3n) is 5.84. The van der Waals surface area contributed by atoms with E-state index in [0.717, 1.165) is 25.7 Å². The third-order valence-corrected chi connectivity index (χ3v) is 5.84. The summed E-state index contributed by atoms with van der Waals surface area (Å²) in [7, 11) is 0. The zero-order valence-electron chi connectivity index (χ0n) is 16.3. The fourth-order valence-electron chi connectivity index (χ4n) is 3.70. The summed E-state index contributed by atoms with van der Waals surface area (Å²) in [5, 5.41) is 19.1. The summed E-state index contributed by atoms with van der Waals surface area (Å²) in [5.74, 6) is -1.04. The Labute approximate surface area is 148 Å². The summed E-state index contributed by atoms with van der Waals surface area (Å²) in [4.78, 5) is 23.3. The van der Waals surface area contributed by atoms with Gasteiger partial charge in [-0.2, -0.15) is 0 Å². The first-order valence-electron chi connectivity index (χ1n) is 9.72. The Hall–Kier alpha value is -1.06. The van der Waals surface area contributed by atoms with Crippen molar-refractivity contribution in [1.82, 2.24) is 0 Å². The van der Waals surface area contributed by atoms with Gasteiger partial charge in [-0.15, -0.1) is 0 Å². The summed E-state index contributed by atoms with van der Waals surface area (Å²) < 4.78 is 0. The molecule has 0 aliphatic rings. The largest absolute Gasteiger partial charge is 0.481 e. The average Bonchev–Trinajstić information content (AvgIpc) is 2.56. The van der Waals surface area contributed by atoms with Crippen LogP contribution in [0.2, 0.25) is 0 Å². The number of hydrogen-bond acceptors (Lipinski definition) is 2. The van der Waals surface area contributed by atoms with E-state index >= 15 is 0 Å². The number of rotatable bonds is 14. The van der Waals surface area contributed by atoms with Gasteiger partial charge >= 0.3 is 11.9 Å². The Morgan fingerprint density at radius 3 is 1.58 bits per heavy atom. The van der Waals surface area contributed by atoms with E-state index in [1.165, 1.54) is 0 Å². The molecule has 1 atom stereocenters. The van der Waals surface area contributed by atoms with E-state index in [9.17, 15) is 14.7 Å². The fraction of sp³-hybridized carbons (Fsp3) is 0.900. The Bertz CT molecular complexity index is 356. The van der Waals surface area contributed by atoms with Crippen molar-refractivity contribution in [1.29, 1.82) is 0 Å². The minimum absolute atomic E-state index is 0.405. The number of carboxylic acid groups (broad SMARTS) is 2. The van der Waals surface area contributed by atoms with Crippen molar-refractivity contribution in [2.24, 2.45) is 23.2 Å². The zero-order chi connectivity index (χ0) is 18.8. The molecular formula is C20H38O4. The van der Waals surface area contributed by atoms with Gasteiger partial charge < -0.3 is 10.2 Å². The highest BCUT2D eigenvalue weighted by atomic mass is 16.4. The summed E-state index contributed by atoms with van der Waals surface area (Å²) in [5.41, 5.74) is -0.703. The van der Waals surface area contributed by atoms with Crippen LogP contribution in [0.5, 0.6) is 0 Å². The van der Waals surface area contributed by atoms with Gasteiger partial charge in [0.15, 0.2) is 0 Å². The molecule has 0 fully saturated rings. The molecule has 4 nitrogen and oxygen atoms in total. The number of carboxylic acids is 2. The maximum Gasteiger partial charge on any atom is 0.309 e. The predicted molar refractivity (Wildman–Crippen MR) is 98.1 cm³/mol. The van der Waals surface area contributed by atoms with Crippen LogP contribution in [0.1, 0.15) is 92.4 Å². The molecule has 0 amide bonds. The lowest BCUT2D eigenvalue weighted by Gasteiger charge is -2.35. The van der Waals surface area contributed by atoms with Gasteiger partial charge in [0, 0.05) is 0 Å². The molecule has 0 rings (SSSR count). The van der Waals surface area contributed by atoms with Gasteiger partial charge in [0.2, 0.25) is 0 Å². The smallest absolute Gasteiger partial charge is 0.309 e. The zero-order valence-corrected chi connectivity index (χ0v) is 16.3. The maximum absolute atomic E-state index is 12.2. The van der Waals surface area contributed by atoms with Crippen LogP contribution in [0.25, 0.3) is 0 Å². The van der Waals surface area contributed by atoms with Crippen LogP contribution in [0, 0.1) is 23.2 Å². The van der Waals surface area contributed by atoms with E-state index in [-0.39, 0.29) is 0 Å². The van der Waals surface area contributed by atoms with Gasteiger partial charge in [-0.3, -0.25) is 9.59 Å². The molecule has 0 spiro atoms. The number of hydrogen-bond donors (Lipinski definition) is 2. The van der Waals surface area contributed by atoms with Crippen molar-refractivity contribution < 1.29 is 19.8 Å². The molecular weight excluding hydrogens is 304 g/mol. The first-order valence-corrected chi connectivity index (χ1v) is 9.72. The highest BCUT2D eigenvalue weighted by Gasteiger charge is 2.40. The maximum atomic E-state index is 12.2. The second kappa shape index (κ2) is 11.5. The van der Waals surface area contributed by atoms with Crippen LogP contribution >= 0.6 is 0 Å². The Morgan fingerprint density at radius 1 is 0.875 bits per heavy atom. The molecule has 4 heteroatoms. The van der Waals surface area contributed by atoms with E-state index in [2.05, 4.69) is 27.7 Å². The van der Waals surface area contributed by atoms with E-state index in [1.54, 1.807) is 6.92 Å². The third kappa shape index (κ3) is 7.23. The second-order valence-corrected chi connectivity index (χ2v) is 7.49. The molecule has 2 N–H and O–H groups in total. The van der Waals surface area contributed by atoms with E-state index < -0.39 is 23.3 Å². The Morgan fingerprint density at radius 2 is 1.29 bits per heavy atom. The van der Waals surface area contributed by atoms with Crippen molar-refractivity contribution in [3.8, 4) is 0 Å². The molecule has 24 heavy (non-hydrogen) atoms. The van der Waals surface area contributed by atoms with Crippen molar-refractivity contribution >= 4 is 11.9 Å². The van der Waals surface area contributed by atoms with Crippen LogP contribution in [0.4, 0.5) is 0 Å². The molecule has 1 unspecified atom stereocenters. The van der Waals surface area contributed by atoms with Crippen molar-refractivity contribution in [3.05, 3.63) is 0 Å². The minimum Gasteiger partial charge on any atom is -0.481 e. The Kier molecular flexibility index (Phi) is 11.0. The minimum atomic E-state index is -0.795.